The van der Waals surface area contributed by atoms with E-state index in [0.717, 1.165) is 9.99 Å². The Labute approximate surface area is 144 Å². The van der Waals surface area contributed by atoms with Gasteiger partial charge in [0.2, 0.25) is 0 Å². The average molecular weight is 421 g/mol. The van der Waals surface area contributed by atoms with Crippen molar-refractivity contribution in [1.82, 2.24) is 4.90 Å². The van der Waals surface area contributed by atoms with Gasteiger partial charge >= 0.3 is 6.09 Å². The fourth-order valence-electron chi connectivity index (χ4n) is 2.28. The third-order valence-electron chi connectivity index (χ3n) is 3.32. The summed E-state index contributed by atoms with van der Waals surface area (Å²) in [7, 11) is 0. The highest BCUT2D eigenvalue weighted by molar-refractivity contribution is 14.1. The topological polar surface area (TPSA) is 38.8 Å². The van der Waals surface area contributed by atoms with Gasteiger partial charge in [-0.25, -0.2) is 9.18 Å². The van der Waals surface area contributed by atoms with Crippen molar-refractivity contribution in [1.29, 1.82) is 0 Å². The maximum absolute atomic E-state index is 14.0. The third-order valence-corrected chi connectivity index (χ3v) is 3.99. The molecular weight excluding hydrogens is 400 g/mol. The average Bonchev–Trinajstić information content (AvgIpc) is 2.91. The van der Waals surface area contributed by atoms with E-state index in [1.165, 1.54) is 6.07 Å². The van der Waals surface area contributed by atoms with E-state index in [2.05, 4.69) is 22.6 Å². The van der Waals surface area contributed by atoms with Gasteiger partial charge in [-0.1, -0.05) is 0 Å². The molecule has 22 heavy (non-hydrogen) atoms. The van der Waals surface area contributed by atoms with Crippen LogP contribution in [-0.2, 0) is 16.0 Å². The van der Waals surface area contributed by atoms with Crippen molar-refractivity contribution >= 4 is 28.7 Å². The largest absolute Gasteiger partial charge is 0.444 e. The van der Waals surface area contributed by atoms with Crippen LogP contribution in [0.1, 0.15) is 32.8 Å². The molecule has 0 bridgehead atoms. The van der Waals surface area contributed by atoms with Crippen molar-refractivity contribution in [3.05, 3.63) is 33.1 Å². The van der Waals surface area contributed by atoms with Crippen molar-refractivity contribution in [2.75, 3.05) is 13.2 Å². The maximum atomic E-state index is 14.0. The van der Waals surface area contributed by atoms with Crippen LogP contribution in [0.4, 0.5) is 9.18 Å². The maximum Gasteiger partial charge on any atom is 0.410 e. The van der Waals surface area contributed by atoms with Crippen LogP contribution >= 0.6 is 22.6 Å². The second-order valence-corrected chi connectivity index (χ2v) is 7.61. The third kappa shape index (κ3) is 4.81. The molecule has 0 saturated carbocycles. The Hall–Kier alpha value is -0.890. The van der Waals surface area contributed by atoms with Crippen LogP contribution < -0.4 is 0 Å². The molecule has 0 spiro atoms. The first-order chi connectivity index (χ1) is 10.3. The first-order valence-electron chi connectivity index (χ1n) is 7.27. The first kappa shape index (κ1) is 17.5. The molecule has 1 aromatic carbocycles. The molecule has 1 aliphatic heterocycles. The summed E-state index contributed by atoms with van der Waals surface area (Å²) in [5.74, 6) is -0.312. The standard InChI is InChI=1S/C16H21FINO3/c1-16(2,3)22-15(20)19(13-6-7-21-10-13)9-11-8-12(18)4-5-14(11)17/h4-5,8,13H,6-7,9-10H2,1-3H3. The molecule has 1 aromatic rings. The number of nitrogens with zero attached hydrogens (tertiary/aromatic N) is 1. The Morgan fingerprint density at radius 3 is 2.82 bits per heavy atom. The van der Waals surface area contributed by atoms with E-state index >= 15 is 0 Å². The minimum atomic E-state index is -0.585. The number of carbonyl (C=O) groups is 1. The van der Waals surface area contributed by atoms with Crippen molar-refractivity contribution < 1.29 is 18.7 Å². The lowest BCUT2D eigenvalue weighted by Gasteiger charge is -2.31. The Morgan fingerprint density at radius 2 is 2.23 bits per heavy atom. The predicted octanol–water partition coefficient (Wildman–Crippen LogP) is 3.96. The molecule has 1 saturated heterocycles. The number of rotatable bonds is 3. The molecule has 4 nitrogen and oxygen atoms in total. The number of hydrogen-bond acceptors (Lipinski definition) is 3. The fraction of sp³-hybridized carbons (Fsp3) is 0.562. The number of carbonyl (C=O) groups excluding carboxylic acids is 1. The van der Waals surface area contributed by atoms with Crippen molar-refractivity contribution in [3.63, 3.8) is 0 Å². The summed E-state index contributed by atoms with van der Waals surface area (Å²) in [4.78, 5) is 14.0. The van der Waals surface area contributed by atoms with E-state index in [1.807, 2.05) is 20.8 Å². The summed E-state index contributed by atoms with van der Waals surface area (Å²) in [6.07, 6.45) is 0.311. The summed E-state index contributed by atoms with van der Waals surface area (Å²) in [6, 6.07) is 4.81. The smallest absolute Gasteiger partial charge is 0.410 e. The molecule has 1 amide bonds. The summed E-state index contributed by atoms with van der Waals surface area (Å²) in [6.45, 7) is 6.72. The molecule has 0 N–H and O–H groups in total. The second kappa shape index (κ2) is 7.12. The van der Waals surface area contributed by atoms with E-state index < -0.39 is 11.7 Å². The molecule has 2 rings (SSSR count). The van der Waals surface area contributed by atoms with Gasteiger partial charge in [0.25, 0.3) is 0 Å². The molecule has 0 radical (unpaired) electrons. The normalized spacial score (nSPS) is 18.3. The van der Waals surface area contributed by atoms with E-state index in [0.29, 0.717) is 18.8 Å². The summed E-state index contributed by atoms with van der Waals surface area (Å²) in [5, 5.41) is 0. The van der Waals surface area contributed by atoms with Gasteiger partial charge in [0.1, 0.15) is 11.4 Å². The van der Waals surface area contributed by atoms with Gasteiger partial charge in [-0.2, -0.15) is 0 Å². The Balaban J connectivity index is 2.20. The molecule has 0 aliphatic carbocycles. The zero-order valence-electron chi connectivity index (χ0n) is 13.1. The van der Waals surface area contributed by atoms with Crippen LogP contribution in [-0.4, -0.2) is 35.8 Å². The van der Waals surface area contributed by atoms with Gasteiger partial charge in [-0.3, -0.25) is 4.90 Å². The van der Waals surface area contributed by atoms with Gasteiger partial charge in [0.05, 0.1) is 19.2 Å². The van der Waals surface area contributed by atoms with E-state index in [1.54, 1.807) is 17.0 Å². The minimum absolute atomic E-state index is 0.0767. The first-order valence-corrected chi connectivity index (χ1v) is 8.35. The van der Waals surface area contributed by atoms with E-state index in [4.69, 9.17) is 9.47 Å². The Bertz CT molecular complexity index is 539. The molecule has 1 atom stereocenters. The van der Waals surface area contributed by atoms with E-state index in [9.17, 15) is 9.18 Å². The zero-order valence-corrected chi connectivity index (χ0v) is 15.2. The molecule has 1 unspecified atom stereocenters. The monoisotopic (exact) mass is 421 g/mol. The number of amides is 1. The fourth-order valence-corrected chi connectivity index (χ4v) is 2.83. The van der Waals surface area contributed by atoms with Crippen LogP contribution in [0.25, 0.3) is 0 Å². The summed E-state index contributed by atoms with van der Waals surface area (Å²) in [5.41, 5.74) is -0.0944. The Kier molecular flexibility index (Phi) is 5.65. The zero-order chi connectivity index (χ0) is 16.3. The highest BCUT2D eigenvalue weighted by Gasteiger charge is 2.31. The van der Waals surface area contributed by atoms with Crippen molar-refractivity contribution in [3.8, 4) is 0 Å². The number of ether oxygens (including phenoxy) is 2. The number of hydrogen-bond donors (Lipinski definition) is 0. The lowest BCUT2D eigenvalue weighted by atomic mass is 10.1. The van der Waals surface area contributed by atoms with Gasteiger partial charge in [0, 0.05) is 15.7 Å². The van der Waals surface area contributed by atoms with Crippen LogP contribution in [0.2, 0.25) is 0 Å². The van der Waals surface area contributed by atoms with Gasteiger partial charge < -0.3 is 9.47 Å². The lowest BCUT2D eigenvalue weighted by molar-refractivity contribution is 0.0124. The molecule has 0 aromatic heterocycles. The summed E-state index contributed by atoms with van der Waals surface area (Å²) < 4.78 is 25.8. The predicted molar refractivity (Wildman–Crippen MR) is 90.1 cm³/mol. The van der Waals surface area contributed by atoms with Gasteiger partial charge in [0.15, 0.2) is 0 Å². The van der Waals surface area contributed by atoms with Crippen LogP contribution in [0.15, 0.2) is 18.2 Å². The van der Waals surface area contributed by atoms with Crippen molar-refractivity contribution in [2.45, 2.75) is 45.4 Å². The molecule has 6 heteroatoms. The highest BCUT2D eigenvalue weighted by Crippen LogP contribution is 2.22. The Morgan fingerprint density at radius 1 is 1.50 bits per heavy atom. The highest BCUT2D eigenvalue weighted by atomic mass is 127. The summed E-state index contributed by atoms with van der Waals surface area (Å²) >= 11 is 2.13. The van der Waals surface area contributed by atoms with E-state index in [-0.39, 0.29) is 18.4 Å². The SMILES string of the molecule is CC(C)(C)OC(=O)N(Cc1cc(I)ccc1F)C1CCOC1. The minimum Gasteiger partial charge on any atom is -0.444 e. The van der Waals surface area contributed by atoms with Crippen LogP contribution in [0.5, 0.6) is 0 Å². The molecule has 122 valence electrons. The quantitative estimate of drug-likeness (QED) is 0.694. The number of benzene rings is 1. The molecular formula is C16H21FINO3. The molecule has 1 fully saturated rings. The second-order valence-electron chi connectivity index (χ2n) is 6.36. The van der Waals surface area contributed by atoms with Crippen molar-refractivity contribution in [2.24, 2.45) is 0 Å². The van der Waals surface area contributed by atoms with Gasteiger partial charge in [-0.15, -0.1) is 0 Å². The van der Waals surface area contributed by atoms with Crippen LogP contribution in [0, 0.1) is 9.39 Å². The molecule has 1 heterocycles. The van der Waals surface area contributed by atoms with Crippen LogP contribution in [0.3, 0.4) is 0 Å². The number of halogens is 2. The lowest BCUT2D eigenvalue weighted by Crippen LogP contribution is -2.43. The van der Waals surface area contributed by atoms with Gasteiger partial charge in [-0.05, 0) is 68.0 Å². The molecule has 1 aliphatic rings.